The van der Waals surface area contributed by atoms with Crippen molar-refractivity contribution in [2.75, 3.05) is 0 Å². The Kier molecular flexibility index (Phi) is 4.40. The van der Waals surface area contributed by atoms with Crippen molar-refractivity contribution in [1.82, 2.24) is 4.84 Å². The second-order valence-electron chi connectivity index (χ2n) is 2.32. The first-order valence-corrected chi connectivity index (χ1v) is 3.52. The van der Waals surface area contributed by atoms with Crippen molar-refractivity contribution in [2.24, 2.45) is 0 Å². The lowest BCUT2D eigenvalue weighted by Gasteiger charge is -2.11. The van der Waals surface area contributed by atoms with Crippen molar-refractivity contribution in [3.63, 3.8) is 0 Å². The van der Waals surface area contributed by atoms with E-state index in [4.69, 9.17) is 16.5 Å². The largest absolute Gasteiger partial charge is 0.462 e. The van der Waals surface area contributed by atoms with Gasteiger partial charge < -0.3 is 4.74 Å². The molecule has 4 heteroatoms. The minimum Gasteiger partial charge on any atom is -0.462 e. The highest BCUT2D eigenvalue weighted by Crippen LogP contribution is 1.93. The van der Waals surface area contributed by atoms with E-state index in [-0.39, 0.29) is 12.1 Å². The molecule has 0 radical (unpaired) electrons. The summed E-state index contributed by atoms with van der Waals surface area (Å²) in [7, 11) is 0. The van der Waals surface area contributed by atoms with E-state index in [0.717, 1.165) is 0 Å². The number of esters is 1. The Bertz CT molecular complexity index is 116. The molecule has 0 aromatic heterocycles. The first kappa shape index (κ1) is 9.72. The van der Waals surface area contributed by atoms with Crippen LogP contribution in [0.4, 0.5) is 0 Å². The number of hydrogen-bond acceptors (Lipinski definition) is 3. The third-order valence-electron chi connectivity index (χ3n) is 0.869. The molecular formula is C6H12ClNO2. The molecule has 3 nitrogen and oxygen atoms in total. The molecule has 0 aromatic rings. The fourth-order valence-electron chi connectivity index (χ4n) is 0.379. The lowest BCUT2D eigenvalue weighted by Crippen LogP contribution is -2.30. The van der Waals surface area contributed by atoms with Gasteiger partial charge in [-0.15, -0.1) is 0 Å². The Morgan fingerprint density at radius 3 is 2.30 bits per heavy atom. The molecule has 0 heterocycles. The van der Waals surface area contributed by atoms with Gasteiger partial charge in [-0.25, -0.2) is 4.84 Å². The quantitative estimate of drug-likeness (QED) is 0.502. The van der Waals surface area contributed by atoms with Crippen LogP contribution >= 0.6 is 11.8 Å². The molecular weight excluding hydrogens is 154 g/mol. The number of nitrogens with one attached hydrogen (secondary N) is 1. The first-order chi connectivity index (χ1) is 4.57. The van der Waals surface area contributed by atoms with Gasteiger partial charge in [-0.2, -0.15) is 0 Å². The van der Waals surface area contributed by atoms with Crippen molar-refractivity contribution in [2.45, 2.75) is 32.9 Å². The molecule has 0 amide bonds. The van der Waals surface area contributed by atoms with Crippen LogP contribution in [0.5, 0.6) is 0 Å². The molecule has 10 heavy (non-hydrogen) atoms. The third-order valence-corrected chi connectivity index (χ3v) is 1.20. The maximum Gasteiger partial charge on any atom is 0.324 e. The molecule has 0 fully saturated rings. The fraction of sp³-hybridized carbons (Fsp3) is 0.833. The summed E-state index contributed by atoms with van der Waals surface area (Å²) in [5, 5.41) is 0. The van der Waals surface area contributed by atoms with Crippen LogP contribution in [-0.2, 0) is 9.53 Å². The lowest BCUT2D eigenvalue weighted by atomic mass is 10.4. The van der Waals surface area contributed by atoms with Crippen LogP contribution in [0.2, 0.25) is 0 Å². The highest BCUT2D eigenvalue weighted by Gasteiger charge is 2.13. The number of halogens is 1. The summed E-state index contributed by atoms with van der Waals surface area (Å²) in [6.45, 7) is 5.22. The number of rotatable bonds is 3. The van der Waals surface area contributed by atoms with Crippen molar-refractivity contribution < 1.29 is 9.53 Å². The van der Waals surface area contributed by atoms with E-state index in [1.54, 1.807) is 20.8 Å². The van der Waals surface area contributed by atoms with Crippen LogP contribution in [0.25, 0.3) is 0 Å². The average molecular weight is 166 g/mol. The van der Waals surface area contributed by atoms with E-state index in [1.807, 2.05) is 0 Å². The SMILES string of the molecule is CC(C)OC(=O)[C@H](C)NCl. The zero-order valence-corrected chi connectivity index (χ0v) is 7.11. The number of ether oxygens (including phenoxy) is 1. The Labute approximate surface area is 65.8 Å². The molecule has 0 saturated heterocycles. The first-order valence-electron chi connectivity index (χ1n) is 3.14. The number of carbonyl (C=O) groups excluding carboxylic acids is 1. The Hall–Kier alpha value is -0.280. The van der Waals surface area contributed by atoms with Crippen molar-refractivity contribution in [3.05, 3.63) is 0 Å². The lowest BCUT2D eigenvalue weighted by molar-refractivity contribution is -0.148. The van der Waals surface area contributed by atoms with Crippen molar-refractivity contribution in [1.29, 1.82) is 0 Å². The minimum atomic E-state index is -0.441. The molecule has 1 atom stereocenters. The molecule has 0 unspecified atom stereocenters. The number of carbonyl (C=O) groups is 1. The smallest absolute Gasteiger partial charge is 0.324 e. The monoisotopic (exact) mass is 165 g/mol. The van der Waals surface area contributed by atoms with Crippen molar-refractivity contribution >= 4 is 17.7 Å². The van der Waals surface area contributed by atoms with E-state index in [1.165, 1.54) is 0 Å². The summed E-state index contributed by atoms with van der Waals surface area (Å²) in [5.74, 6) is -0.329. The molecule has 0 bridgehead atoms. The predicted molar refractivity (Wildman–Crippen MR) is 39.7 cm³/mol. The summed E-state index contributed by atoms with van der Waals surface area (Å²) in [4.78, 5) is 13.1. The second kappa shape index (κ2) is 4.52. The molecule has 0 saturated carbocycles. The number of hydrogen-bond donors (Lipinski definition) is 1. The van der Waals surface area contributed by atoms with Gasteiger partial charge >= 0.3 is 5.97 Å². The van der Waals surface area contributed by atoms with E-state index < -0.39 is 6.04 Å². The summed E-state index contributed by atoms with van der Waals surface area (Å²) in [5.41, 5.74) is 0. The predicted octanol–water partition coefficient (Wildman–Crippen LogP) is 1.07. The van der Waals surface area contributed by atoms with Gasteiger partial charge in [-0.3, -0.25) is 4.79 Å². The minimum absolute atomic E-state index is 0.0834. The Morgan fingerprint density at radius 1 is 1.50 bits per heavy atom. The molecule has 0 aromatic carbocycles. The van der Waals surface area contributed by atoms with Crippen LogP contribution in [0.1, 0.15) is 20.8 Å². The Balaban J connectivity index is 3.62. The fourth-order valence-corrected chi connectivity index (χ4v) is 0.468. The van der Waals surface area contributed by atoms with Crippen LogP contribution in [0, 0.1) is 0 Å². The maximum absolute atomic E-state index is 10.8. The zero-order chi connectivity index (χ0) is 8.15. The van der Waals surface area contributed by atoms with E-state index in [9.17, 15) is 4.79 Å². The maximum atomic E-state index is 10.8. The summed E-state index contributed by atoms with van der Waals surface area (Å²) in [6.07, 6.45) is -0.0834. The van der Waals surface area contributed by atoms with Gasteiger partial charge in [0.25, 0.3) is 0 Å². The molecule has 0 aliphatic heterocycles. The van der Waals surface area contributed by atoms with Crippen LogP contribution in [0.3, 0.4) is 0 Å². The van der Waals surface area contributed by atoms with Gasteiger partial charge in [-0.1, -0.05) is 0 Å². The van der Waals surface area contributed by atoms with Gasteiger partial charge in [0.05, 0.1) is 6.10 Å². The summed E-state index contributed by atoms with van der Waals surface area (Å²) in [6, 6.07) is -0.441. The molecule has 60 valence electrons. The second-order valence-corrected chi connectivity index (χ2v) is 2.53. The van der Waals surface area contributed by atoms with Crippen molar-refractivity contribution in [3.8, 4) is 0 Å². The van der Waals surface area contributed by atoms with E-state index >= 15 is 0 Å². The summed E-state index contributed by atoms with van der Waals surface area (Å²) >= 11 is 5.18. The molecule has 0 spiro atoms. The normalized spacial score (nSPS) is 13.3. The third kappa shape index (κ3) is 3.69. The molecule has 0 aliphatic rings. The molecule has 0 rings (SSSR count). The standard InChI is InChI=1S/C6H12ClNO2/c1-4(2)10-6(9)5(3)8-7/h4-5,8H,1-3H3/t5-/m0/s1. The Morgan fingerprint density at radius 2 is 2.00 bits per heavy atom. The van der Waals surface area contributed by atoms with Gasteiger partial charge in [0.1, 0.15) is 6.04 Å². The zero-order valence-electron chi connectivity index (χ0n) is 6.35. The van der Waals surface area contributed by atoms with E-state index in [0.29, 0.717) is 0 Å². The molecule has 1 N–H and O–H groups in total. The average Bonchev–Trinajstić information content (AvgIpc) is 1.85. The van der Waals surface area contributed by atoms with E-state index in [2.05, 4.69) is 4.84 Å². The van der Waals surface area contributed by atoms with Gasteiger partial charge in [0.15, 0.2) is 0 Å². The summed E-state index contributed by atoms with van der Waals surface area (Å²) < 4.78 is 4.82. The topological polar surface area (TPSA) is 38.3 Å². The van der Waals surface area contributed by atoms with Gasteiger partial charge in [0, 0.05) is 0 Å². The van der Waals surface area contributed by atoms with Crippen LogP contribution in [0.15, 0.2) is 0 Å². The van der Waals surface area contributed by atoms with Gasteiger partial charge in [0.2, 0.25) is 0 Å². The molecule has 0 aliphatic carbocycles. The van der Waals surface area contributed by atoms with Crippen LogP contribution in [-0.4, -0.2) is 18.1 Å². The highest BCUT2D eigenvalue weighted by atomic mass is 35.5. The van der Waals surface area contributed by atoms with Crippen LogP contribution < -0.4 is 4.84 Å². The highest BCUT2D eigenvalue weighted by molar-refractivity contribution is 6.14. The van der Waals surface area contributed by atoms with Gasteiger partial charge in [-0.05, 0) is 32.5 Å².